The molecule has 0 spiro atoms. The van der Waals surface area contributed by atoms with E-state index in [1.54, 1.807) is 14.2 Å². The maximum absolute atomic E-state index is 5.70. The van der Waals surface area contributed by atoms with Gasteiger partial charge in [0.2, 0.25) is 0 Å². The van der Waals surface area contributed by atoms with Crippen LogP contribution in [-0.2, 0) is 16.0 Å². The number of methoxy groups -OCH3 is 2. The van der Waals surface area contributed by atoms with Gasteiger partial charge in [0.1, 0.15) is 6.54 Å². The fourth-order valence-electron chi connectivity index (χ4n) is 2.79. The van der Waals surface area contributed by atoms with Gasteiger partial charge in [0.05, 0.1) is 6.54 Å². The molecule has 1 rings (SSSR count). The lowest BCUT2D eigenvalue weighted by atomic mass is 10.1. The summed E-state index contributed by atoms with van der Waals surface area (Å²) in [6.07, 6.45) is 2.57. The lowest BCUT2D eigenvalue weighted by Crippen LogP contribution is -2.60. The van der Waals surface area contributed by atoms with Crippen molar-refractivity contribution in [2.24, 2.45) is 0 Å². The molecule has 0 N–H and O–H groups in total. The van der Waals surface area contributed by atoms with E-state index < -0.39 is 0 Å². The first kappa shape index (κ1) is 17.2. The summed E-state index contributed by atoms with van der Waals surface area (Å²) in [5.74, 6) is 0. The Balaban J connectivity index is 3.07. The molecule has 0 aliphatic carbocycles. The highest BCUT2D eigenvalue weighted by Gasteiger charge is 2.39. The fourth-order valence-corrected chi connectivity index (χ4v) is 2.79. The second kappa shape index (κ2) is 8.40. The summed E-state index contributed by atoms with van der Waals surface area (Å²) < 4.78 is 12.2. The van der Waals surface area contributed by atoms with Crippen molar-refractivity contribution in [2.75, 3.05) is 20.8 Å². The largest absolute Gasteiger partial charge is 0.333 e. The SMILES string of the molecule is CCCC[N+](Cc1ccccc1)(C(C)OC)C(C)OC. The zero-order valence-corrected chi connectivity index (χ0v) is 13.6. The lowest BCUT2D eigenvalue weighted by molar-refractivity contribution is -1.02. The van der Waals surface area contributed by atoms with Crippen molar-refractivity contribution in [2.45, 2.75) is 52.6 Å². The number of hydrogen-bond donors (Lipinski definition) is 0. The molecule has 0 bridgehead atoms. The van der Waals surface area contributed by atoms with E-state index in [9.17, 15) is 0 Å². The molecule has 0 saturated heterocycles. The standard InChI is InChI=1S/C17H30NO2/c1-6-7-13-18(15(2)19-4,16(3)20-5)14-17-11-9-8-10-12-17/h8-12,15-16H,6-7,13-14H2,1-5H3/q+1. The molecule has 2 unspecified atom stereocenters. The first-order chi connectivity index (χ1) is 9.60. The summed E-state index contributed by atoms with van der Waals surface area (Å²) in [5, 5.41) is 0. The van der Waals surface area contributed by atoms with E-state index in [1.165, 1.54) is 18.4 Å². The topological polar surface area (TPSA) is 18.5 Å². The summed E-state index contributed by atoms with van der Waals surface area (Å²) in [6, 6.07) is 10.6. The Bertz CT molecular complexity index is 357. The molecule has 3 nitrogen and oxygen atoms in total. The zero-order chi connectivity index (χ0) is 15.0. The van der Waals surface area contributed by atoms with Gasteiger partial charge < -0.3 is 9.47 Å². The predicted molar refractivity (Wildman–Crippen MR) is 83.1 cm³/mol. The molecule has 0 radical (unpaired) electrons. The summed E-state index contributed by atoms with van der Waals surface area (Å²) in [5.41, 5.74) is 1.33. The highest BCUT2D eigenvalue weighted by Crippen LogP contribution is 2.26. The van der Waals surface area contributed by atoms with Crippen LogP contribution >= 0.6 is 0 Å². The third-order valence-corrected chi connectivity index (χ3v) is 4.38. The quantitative estimate of drug-likeness (QED) is 0.506. The van der Waals surface area contributed by atoms with Gasteiger partial charge in [-0.1, -0.05) is 43.7 Å². The molecule has 0 amide bonds. The smallest absolute Gasteiger partial charge is 0.192 e. The Morgan fingerprint density at radius 1 is 1.00 bits per heavy atom. The average Bonchev–Trinajstić information content (AvgIpc) is 2.50. The van der Waals surface area contributed by atoms with Crippen LogP contribution in [0.25, 0.3) is 0 Å². The van der Waals surface area contributed by atoms with Gasteiger partial charge in [-0.2, -0.15) is 0 Å². The number of nitrogens with zero attached hydrogens (tertiary/aromatic N) is 1. The van der Waals surface area contributed by atoms with Crippen molar-refractivity contribution in [3.05, 3.63) is 35.9 Å². The number of benzene rings is 1. The molecule has 0 saturated carbocycles. The van der Waals surface area contributed by atoms with Gasteiger partial charge in [-0.25, -0.2) is 0 Å². The molecule has 1 aromatic rings. The van der Waals surface area contributed by atoms with Crippen molar-refractivity contribution >= 4 is 0 Å². The Kier molecular flexibility index (Phi) is 7.20. The molecule has 0 aliphatic heterocycles. The molecule has 20 heavy (non-hydrogen) atoms. The third kappa shape index (κ3) is 4.05. The van der Waals surface area contributed by atoms with Crippen LogP contribution in [0.4, 0.5) is 0 Å². The number of ether oxygens (including phenoxy) is 2. The van der Waals surface area contributed by atoms with Crippen LogP contribution in [0.2, 0.25) is 0 Å². The third-order valence-electron chi connectivity index (χ3n) is 4.38. The van der Waals surface area contributed by atoms with Crippen LogP contribution in [0.3, 0.4) is 0 Å². The Labute approximate surface area is 124 Å². The molecule has 3 heteroatoms. The number of rotatable bonds is 9. The molecule has 0 aliphatic rings. The van der Waals surface area contributed by atoms with Gasteiger partial charge in [-0.05, 0) is 6.42 Å². The highest BCUT2D eigenvalue weighted by atomic mass is 16.5. The number of quaternary nitrogens is 1. The van der Waals surface area contributed by atoms with Gasteiger partial charge >= 0.3 is 0 Å². The maximum Gasteiger partial charge on any atom is 0.192 e. The fraction of sp³-hybridized carbons (Fsp3) is 0.647. The van der Waals surface area contributed by atoms with Crippen LogP contribution in [0, 0.1) is 0 Å². The first-order valence-corrected chi connectivity index (χ1v) is 7.56. The Morgan fingerprint density at radius 2 is 1.55 bits per heavy atom. The Hall–Kier alpha value is -0.900. The maximum atomic E-state index is 5.70. The van der Waals surface area contributed by atoms with E-state index in [0.29, 0.717) is 0 Å². The molecular weight excluding hydrogens is 250 g/mol. The minimum Gasteiger partial charge on any atom is -0.333 e. The normalized spacial score (nSPS) is 17.4. The van der Waals surface area contributed by atoms with E-state index in [4.69, 9.17) is 9.47 Å². The van der Waals surface area contributed by atoms with E-state index >= 15 is 0 Å². The second-order valence-electron chi connectivity index (χ2n) is 5.49. The van der Waals surface area contributed by atoms with Crippen LogP contribution in [0.1, 0.15) is 39.2 Å². The molecule has 2 atom stereocenters. The number of unbranched alkanes of at least 4 members (excludes halogenated alkanes) is 1. The van der Waals surface area contributed by atoms with Crippen molar-refractivity contribution in [1.82, 2.24) is 0 Å². The molecule has 0 fully saturated rings. The van der Waals surface area contributed by atoms with Crippen molar-refractivity contribution in [1.29, 1.82) is 0 Å². The van der Waals surface area contributed by atoms with Crippen molar-refractivity contribution < 1.29 is 14.0 Å². The molecular formula is C17H30NO2+. The lowest BCUT2D eigenvalue weighted by Gasteiger charge is -2.46. The van der Waals surface area contributed by atoms with Crippen LogP contribution in [0.15, 0.2) is 30.3 Å². The summed E-state index contributed by atoms with van der Waals surface area (Å²) in [6.45, 7) is 8.52. The van der Waals surface area contributed by atoms with Gasteiger partial charge in [-0.15, -0.1) is 0 Å². The van der Waals surface area contributed by atoms with E-state index in [-0.39, 0.29) is 12.5 Å². The molecule has 1 aromatic carbocycles. The summed E-state index contributed by atoms with van der Waals surface area (Å²) >= 11 is 0. The minimum absolute atomic E-state index is 0.108. The molecule has 114 valence electrons. The highest BCUT2D eigenvalue weighted by molar-refractivity contribution is 5.13. The van der Waals surface area contributed by atoms with E-state index in [0.717, 1.165) is 17.6 Å². The summed E-state index contributed by atoms with van der Waals surface area (Å²) in [4.78, 5) is 0. The second-order valence-corrected chi connectivity index (χ2v) is 5.49. The van der Waals surface area contributed by atoms with E-state index in [1.807, 2.05) is 0 Å². The van der Waals surface area contributed by atoms with Crippen LogP contribution in [0.5, 0.6) is 0 Å². The number of hydrogen-bond acceptors (Lipinski definition) is 2. The first-order valence-electron chi connectivity index (χ1n) is 7.56. The summed E-state index contributed by atoms with van der Waals surface area (Å²) in [7, 11) is 3.58. The molecule has 0 aromatic heterocycles. The Morgan fingerprint density at radius 3 is 2.00 bits per heavy atom. The molecule has 0 heterocycles. The van der Waals surface area contributed by atoms with Crippen molar-refractivity contribution in [3.63, 3.8) is 0 Å². The monoisotopic (exact) mass is 280 g/mol. The van der Waals surface area contributed by atoms with Gasteiger partial charge in [0.25, 0.3) is 0 Å². The van der Waals surface area contributed by atoms with Gasteiger partial charge in [-0.3, -0.25) is 4.48 Å². The van der Waals surface area contributed by atoms with Crippen LogP contribution < -0.4 is 0 Å². The predicted octanol–water partition coefficient (Wildman–Crippen LogP) is 3.79. The van der Waals surface area contributed by atoms with Crippen LogP contribution in [-0.4, -0.2) is 37.7 Å². The minimum atomic E-state index is 0.108. The van der Waals surface area contributed by atoms with Crippen molar-refractivity contribution in [3.8, 4) is 0 Å². The zero-order valence-electron chi connectivity index (χ0n) is 13.6. The van der Waals surface area contributed by atoms with Gasteiger partial charge in [0, 0.05) is 33.6 Å². The van der Waals surface area contributed by atoms with E-state index in [2.05, 4.69) is 51.1 Å². The van der Waals surface area contributed by atoms with Gasteiger partial charge in [0.15, 0.2) is 12.5 Å². The average molecular weight is 280 g/mol.